The molecule has 3 atom stereocenters. The molecule has 0 aromatic carbocycles. The van der Waals surface area contributed by atoms with Crippen molar-refractivity contribution < 1.29 is 9.53 Å². The maximum Gasteiger partial charge on any atom is 0.223 e. The molecule has 0 aromatic rings. The van der Waals surface area contributed by atoms with Gasteiger partial charge in [-0.2, -0.15) is 0 Å². The molecule has 0 saturated heterocycles. The van der Waals surface area contributed by atoms with Gasteiger partial charge < -0.3 is 15.8 Å². The highest BCUT2D eigenvalue weighted by Crippen LogP contribution is 2.31. The quantitative estimate of drug-likeness (QED) is 0.710. The SMILES string of the molecule is COCCC(C)NC(=O)C1CCCC1CN. The van der Waals surface area contributed by atoms with Gasteiger partial charge in [-0.1, -0.05) is 6.42 Å². The first kappa shape index (κ1) is 13.5. The molecule has 94 valence electrons. The van der Waals surface area contributed by atoms with Gasteiger partial charge in [0.05, 0.1) is 0 Å². The molecule has 16 heavy (non-hydrogen) atoms. The smallest absolute Gasteiger partial charge is 0.223 e. The Hall–Kier alpha value is -0.610. The zero-order valence-corrected chi connectivity index (χ0v) is 10.4. The van der Waals surface area contributed by atoms with Gasteiger partial charge in [-0.05, 0) is 38.6 Å². The Morgan fingerprint density at radius 1 is 1.56 bits per heavy atom. The Bertz CT molecular complexity index is 221. The van der Waals surface area contributed by atoms with Crippen LogP contribution < -0.4 is 11.1 Å². The van der Waals surface area contributed by atoms with Crippen molar-refractivity contribution >= 4 is 5.91 Å². The van der Waals surface area contributed by atoms with Crippen LogP contribution in [0.25, 0.3) is 0 Å². The maximum atomic E-state index is 12.0. The van der Waals surface area contributed by atoms with E-state index in [0.29, 0.717) is 19.1 Å². The number of amides is 1. The molecule has 1 aliphatic rings. The van der Waals surface area contributed by atoms with E-state index in [0.717, 1.165) is 25.7 Å². The van der Waals surface area contributed by atoms with Gasteiger partial charge in [0, 0.05) is 25.7 Å². The molecule has 1 fully saturated rings. The number of hydrogen-bond donors (Lipinski definition) is 2. The summed E-state index contributed by atoms with van der Waals surface area (Å²) in [6.45, 7) is 3.33. The zero-order chi connectivity index (χ0) is 12.0. The van der Waals surface area contributed by atoms with E-state index < -0.39 is 0 Å². The highest BCUT2D eigenvalue weighted by atomic mass is 16.5. The van der Waals surface area contributed by atoms with Crippen LogP contribution in [0, 0.1) is 11.8 Å². The van der Waals surface area contributed by atoms with Crippen LogP contribution in [0.5, 0.6) is 0 Å². The molecule has 0 radical (unpaired) electrons. The van der Waals surface area contributed by atoms with Gasteiger partial charge >= 0.3 is 0 Å². The maximum absolute atomic E-state index is 12.0. The number of methoxy groups -OCH3 is 1. The van der Waals surface area contributed by atoms with E-state index in [9.17, 15) is 4.79 Å². The third kappa shape index (κ3) is 3.76. The minimum Gasteiger partial charge on any atom is -0.385 e. The number of nitrogens with one attached hydrogen (secondary N) is 1. The molecule has 3 unspecified atom stereocenters. The van der Waals surface area contributed by atoms with Crippen LogP contribution in [0.2, 0.25) is 0 Å². The number of carbonyl (C=O) groups excluding carboxylic acids is 1. The van der Waals surface area contributed by atoms with Crippen LogP contribution in [-0.2, 0) is 9.53 Å². The number of hydrogen-bond acceptors (Lipinski definition) is 3. The van der Waals surface area contributed by atoms with Crippen LogP contribution in [0.3, 0.4) is 0 Å². The molecule has 1 amide bonds. The molecular formula is C12H24N2O2. The standard InChI is InChI=1S/C12H24N2O2/c1-9(6-7-16-2)14-12(15)11-5-3-4-10(11)8-13/h9-11H,3-8,13H2,1-2H3,(H,14,15). The third-order valence-corrected chi connectivity index (χ3v) is 3.44. The van der Waals surface area contributed by atoms with Gasteiger partial charge in [0.2, 0.25) is 5.91 Å². The van der Waals surface area contributed by atoms with Crippen LogP contribution in [-0.4, -0.2) is 32.2 Å². The lowest BCUT2D eigenvalue weighted by atomic mass is 9.95. The lowest BCUT2D eigenvalue weighted by Crippen LogP contribution is -2.40. The zero-order valence-electron chi connectivity index (χ0n) is 10.4. The minimum absolute atomic E-state index is 0.134. The van der Waals surface area contributed by atoms with Gasteiger partial charge in [0.25, 0.3) is 0 Å². The average Bonchev–Trinajstić information content (AvgIpc) is 2.74. The van der Waals surface area contributed by atoms with E-state index in [1.54, 1.807) is 7.11 Å². The number of rotatable bonds is 6. The third-order valence-electron chi connectivity index (χ3n) is 3.44. The van der Waals surface area contributed by atoms with E-state index in [1.807, 2.05) is 6.92 Å². The van der Waals surface area contributed by atoms with E-state index in [-0.39, 0.29) is 17.9 Å². The number of nitrogens with two attached hydrogens (primary N) is 1. The summed E-state index contributed by atoms with van der Waals surface area (Å²) in [6.07, 6.45) is 4.08. The van der Waals surface area contributed by atoms with Gasteiger partial charge in [-0.15, -0.1) is 0 Å². The summed E-state index contributed by atoms with van der Waals surface area (Å²) in [7, 11) is 1.68. The summed E-state index contributed by atoms with van der Waals surface area (Å²) in [5.41, 5.74) is 5.67. The summed E-state index contributed by atoms with van der Waals surface area (Å²) in [5.74, 6) is 0.696. The highest BCUT2D eigenvalue weighted by Gasteiger charge is 2.32. The molecule has 3 N–H and O–H groups in total. The summed E-state index contributed by atoms with van der Waals surface area (Å²) >= 11 is 0. The van der Waals surface area contributed by atoms with Crippen LogP contribution in [0.1, 0.15) is 32.6 Å². The van der Waals surface area contributed by atoms with Gasteiger partial charge in [0.1, 0.15) is 0 Å². The second kappa shape index (κ2) is 6.86. The molecule has 0 aliphatic heterocycles. The first-order valence-corrected chi connectivity index (χ1v) is 6.18. The summed E-state index contributed by atoms with van der Waals surface area (Å²) in [5, 5.41) is 3.05. The highest BCUT2D eigenvalue weighted by molar-refractivity contribution is 5.79. The van der Waals surface area contributed by atoms with E-state index in [1.165, 1.54) is 0 Å². The molecule has 0 spiro atoms. The Morgan fingerprint density at radius 3 is 2.94 bits per heavy atom. The molecule has 1 saturated carbocycles. The largest absolute Gasteiger partial charge is 0.385 e. The lowest BCUT2D eigenvalue weighted by molar-refractivity contribution is -0.126. The normalized spacial score (nSPS) is 26.7. The fourth-order valence-electron chi connectivity index (χ4n) is 2.38. The van der Waals surface area contributed by atoms with Gasteiger partial charge in [0.15, 0.2) is 0 Å². The number of ether oxygens (including phenoxy) is 1. The van der Waals surface area contributed by atoms with Crippen molar-refractivity contribution in [3.63, 3.8) is 0 Å². The van der Waals surface area contributed by atoms with Crippen LogP contribution in [0.4, 0.5) is 0 Å². The van der Waals surface area contributed by atoms with Crippen molar-refractivity contribution in [1.82, 2.24) is 5.32 Å². The molecule has 0 heterocycles. The fourth-order valence-corrected chi connectivity index (χ4v) is 2.38. The Balaban J connectivity index is 2.33. The van der Waals surface area contributed by atoms with Crippen molar-refractivity contribution in [2.75, 3.05) is 20.3 Å². The first-order valence-electron chi connectivity index (χ1n) is 6.18. The van der Waals surface area contributed by atoms with Crippen LogP contribution >= 0.6 is 0 Å². The minimum atomic E-state index is 0.134. The molecule has 4 nitrogen and oxygen atoms in total. The predicted octanol–water partition coefficient (Wildman–Crippen LogP) is 0.903. The molecule has 0 aromatic heterocycles. The van der Waals surface area contributed by atoms with Crippen LogP contribution in [0.15, 0.2) is 0 Å². The topological polar surface area (TPSA) is 64.3 Å². The molecule has 0 bridgehead atoms. The van der Waals surface area contributed by atoms with Gasteiger partial charge in [-0.25, -0.2) is 0 Å². The monoisotopic (exact) mass is 228 g/mol. The molecule has 1 rings (SSSR count). The van der Waals surface area contributed by atoms with Crippen molar-refractivity contribution in [3.05, 3.63) is 0 Å². The van der Waals surface area contributed by atoms with E-state index in [4.69, 9.17) is 10.5 Å². The van der Waals surface area contributed by atoms with Crippen molar-refractivity contribution in [2.45, 2.75) is 38.6 Å². The number of carbonyl (C=O) groups is 1. The van der Waals surface area contributed by atoms with Crippen molar-refractivity contribution in [2.24, 2.45) is 17.6 Å². The van der Waals surface area contributed by atoms with E-state index >= 15 is 0 Å². The molecule has 4 heteroatoms. The Labute approximate surface area is 97.9 Å². The first-order chi connectivity index (χ1) is 7.69. The fraction of sp³-hybridized carbons (Fsp3) is 0.917. The summed E-state index contributed by atoms with van der Waals surface area (Å²) < 4.78 is 4.99. The summed E-state index contributed by atoms with van der Waals surface area (Å²) in [6, 6.07) is 0.187. The van der Waals surface area contributed by atoms with Gasteiger partial charge in [-0.3, -0.25) is 4.79 Å². The molecular weight excluding hydrogens is 204 g/mol. The lowest BCUT2D eigenvalue weighted by Gasteiger charge is -2.20. The van der Waals surface area contributed by atoms with Crippen molar-refractivity contribution in [3.8, 4) is 0 Å². The summed E-state index contributed by atoms with van der Waals surface area (Å²) in [4.78, 5) is 12.0. The Kier molecular flexibility index (Phi) is 5.77. The molecule has 1 aliphatic carbocycles. The Morgan fingerprint density at radius 2 is 2.31 bits per heavy atom. The average molecular weight is 228 g/mol. The van der Waals surface area contributed by atoms with Crippen molar-refractivity contribution in [1.29, 1.82) is 0 Å². The second-order valence-corrected chi connectivity index (χ2v) is 4.72. The van der Waals surface area contributed by atoms with E-state index in [2.05, 4.69) is 5.32 Å². The second-order valence-electron chi connectivity index (χ2n) is 4.72. The predicted molar refractivity (Wildman–Crippen MR) is 64.0 cm³/mol.